The summed E-state index contributed by atoms with van der Waals surface area (Å²) >= 11 is 12.4. The molecule has 0 radical (unpaired) electrons. The van der Waals surface area contributed by atoms with Crippen LogP contribution in [0, 0.1) is 5.82 Å². The summed E-state index contributed by atoms with van der Waals surface area (Å²) in [5.74, 6) is -0.0432. The fourth-order valence-electron chi connectivity index (χ4n) is 4.38. The third-order valence-corrected chi connectivity index (χ3v) is 6.87. The minimum atomic E-state index is -0.663. The number of aromatic nitrogens is 2. The predicted octanol–water partition coefficient (Wildman–Crippen LogP) is 5.91. The van der Waals surface area contributed by atoms with Crippen molar-refractivity contribution >= 4 is 46.3 Å². The van der Waals surface area contributed by atoms with Crippen molar-refractivity contribution in [3.8, 4) is 16.9 Å². The van der Waals surface area contributed by atoms with E-state index >= 15 is 0 Å². The Morgan fingerprint density at radius 3 is 2.85 bits per heavy atom. The van der Waals surface area contributed by atoms with Crippen molar-refractivity contribution in [2.75, 3.05) is 12.3 Å². The average molecular weight is 499 g/mol. The molecule has 4 aromatic rings. The topological polar surface area (TPSA) is 84.2 Å². The molecule has 174 valence electrons. The highest BCUT2D eigenvalue weighted by atomic mass is 35.5. The molecule has 0 saturated heterocycles. The van der Waals surface area contributed by atoms with Gasteiger partial charge in [0.1, 0.15) is 11.9 Å². The maximum atomic E-state index is 14.0. The van der Waals surface area contributed by atoms with E-state index in [2.05, 4.69) is 16.0 Å². The van der Waals surface area contributed by atoms with E-state index in [1.54, 1.807) is 24.1 Å². The van der Waals surface area contributed by atoms with Gasteiger partial charge in [0.25, 0.3) is 0 Å². The fourth-order valence-corrected chi connectivity index (χ4v) is 5.05. The van der Waals surface area contributed by atoms with Crippen molar-refractivity contribution in [3.05, 3.63) is 75.3 Å². The van der Waals surface area contributed by atoms with Crippen LogP contribution in [0.2, 0.25) is 10.0 Å². The molecule has 3 heterocycles. The highest BCUT2D eigenvalue weighted by Crippen LogP contribution is 2.38. The van der Waals surface area contributed by atoms with Crippen LogP contribution < -0.4 is 10.5 Å². The molecule has 3 N–H and O–H groups in total. The second-order valence-corrected chi connectivity index (χ2v) is 9.08. The SMILES string of the molecule is C[C@@H](Oc1cc(-c2ccc3[nH]c4c(c3c2)CN(C=O)CC4)cnc1N)c1c(Cl)ccc(F)c1Cl. The minimum Gasteiger partial charge on any atom is -0.482 e. The maximum absolute atomic E-state index is 14.0. The average Bonchev–Trinajstić information content (AvgIpc) is 3.20. The molecule has 0 aliphatic carbocycles. The molecule has 9 heteroatoms. The molecule has 1 aliphatic heterocycles. The summed E-state index contributed by atoms with van der Waals surface area (Å²) in [6.45, 7) is 3.00. The number of ether oxygens (including phenoxy) is 1. The quantitative estimate of drug-likeness (QED) is 0.264. The normalized spacial score (nSPS) is 14.2. The van der Waals surface area contributed by atoms with Crippen molar-refractivity contribution < 1.29 is 13.9 Å². The lowest BCUT2D eigenvalue weighted by Gasteiger charge is -2.22. The van der Waals surface area contributed by atoms with E-state index < -0.39 is 11.9 Å². The van der Waals surface area contributed by atoms with Gasteiger partial charge in [0.2, 0.25) is 6.41 Å². The Hall–Kier alpha value is -3.29. The first-order valence-electron chi connectivity index (χ1n) is 10.7. The lowest BCUT2D eigenvalue weighted by Crippen LogP contribution is -2.28. The van der Waals surface area contributed by atoms with Gasteiger partial charge in [0.05, 0.1) is 5.02 Å². The molecule has 2 aromatic carbocycles. The number of benzene rings is 2. The number of hydrogen-bond acceptors (Lipinski definition) is 4. The van der Waals surface area contributed by atoms with Crippen molar-refractivity contribution in [2.24, 2.45) is 0 Å². The molecule has 1 atom stereocenters. The van der Waals surface area contributed by atoms with E-state index in [4.69, 9.17) is 33.7 Å². The Morgan fingerprint density at radius 1 is 1.24 bits per heavy atom. The van der Waals surface area contributed by atoms with Crippen LogP contribution in [0.15, 0.2) is 42.6 Å². The van der Waals surface area contributed by atoms with E-state index in [0.717, 1.165) is 46.1 Å². The van der Waals surface area contributed by atoms with Crippen LogP contribution in [-0.4, -0.2) is 27.8 Å². The highest BCUT2D eigenvalue weighted by Gasteiger charge is 2.22. The number of carbonyl (C=O) groups is 1. The second-order valence-electron chi connectivity index (χ2n) is 8.29. The third-order valence-electron chi connectivity index (χ3n) is 6.16. The second kappa shape index (κ2) is 8.81. The van der Waals surface area contributed by atoms with Gasteiger partial charge < -0.3 is 20.4 Å². The molecule has 0 saturated carbocycles. The number of fused-ring (bicyclic) bond motifs is 3. The van der Waals surface area contributed by atoms with Gasteiger partial charge in [-0.2, -0.15) is 0 Å². The third kappa shape index (κ3) is 3.95. The number of nitrogen functional groups attached to an aromatic ring is 1. The number of nitrogens with zero attached hydrogens (tertiary/aromatic N) is 2. The molecule has 2 aromatic heterocycles. The number of H-pyrrole nitrogens is 1. The number of hydrogen-bond donors (Lipinski definition) is 2. The number of halogens is 3. The van der Waals surface area contributed by atoms with Gasteiger partial charge >= 0.3 is 0 Å². The fraction of sp³-hybridized carbons (Fsp3) is 0.200. The summed E-state index contributed by atoms with van der Waals surface area (Å²) in [4.78, 5) is 20.8. The molecular formula is C25H21Cl2FN4O2. The number of pyridine rings is 1. The van der Waals surface area contributed by atoms with Crippen molar-refractivity contribution in [1.29, 1.82) is 0 Å². The van der Waals surface area contributed by atoms with E-state index in [1.165, 1.54) is 12.1 Å². The molecule has 0 fully saturated rings. The van der Waals surface area contributed by atoms with E-state index in [-0.39, 0.29) is 10.8 Å². The molecule has 6 nitrogen and oxygen atoms in total. The van der Waals surface area contributed by atoms with E-state index in [0.29, 0.717) is 29.4 Å². The smallest absolute Gasteiger partial charge is 0.210 e. The van der Waals surface area contributed by atoms with Crippen molar-refractivity contribution in [3.63, 3.8) is 0 Å². The Labute approximate surface area is 205 Å². The number of amides is 1. The van der Waals surface area contributed by atoms with Gasteiger partial charge in [-0.25, -0.2) is 9.37 Å². The molecule has 0 bridgehead atoms. The maximum Gasteiger partial charge on any atom is 0.210 e. The highest BCUT2D eigenvalue weighted by molar-refractivity contribution is 6.36. The number of nitrogens with two attached hydrogens (primary N) is 1. The summed E-state index contributed by atoms with van der Waals surface area (Å²) in [5, 5.41) is 1.27. The molecular weight excluding hydrogens is 478 g/mol. The molecule has 0 unspecified atom stereocenters. The van der Waals surface area contributed by atoms with Gasteiger partial charge in [0.15, 0.2) is 11.6 Å². The van der Waals surface area contributed by atoms with E-state index in [9.17, 15) is 9.18 Å². The molecule has 1 amide bonds. The van der Waals surface area contributed by atoms with Crippen LogP contribution in [0.4, 0.5) is 10.2 Å². The van der Waals surface area contributed by atoms with Crippen LogP contribution in [0.5, 0.6) is 5.75 Å². The summed E-state index contributed by atoms with van der Waals surface area (Å²) < 4.78 is 20.0. The number of nitrogens with one attached hydrogen (secondary N) is 1. The zero-order valence-corrected chi connectivity index (χ0v) is 19.8. The number of rotatable bonds is 5. The van der Waals surface area contributed by atoms with Crippen LogP contribution in [0.3, 0.4) is 0 Å². The Morgan fingerprint density at radius 2 is 2.06 bits per heavy atom. The van der Waals surface area contributed by atoms with Crippen LogP contribution in [0.1, 0.15) is 29.8 Å². The minimum absolute atomic E-state index is 0.0882. The first kappa shape index (κ1) is 22.5. The van der Waals surface area contributed by atoms with Gasteiger partial charge in [-0.3, -0.25) is 4.79 Å². The van der Waals surface area contributed by atoms with Crippen molar-refractivity contribution in [2.45, 2.75) is 26.0 Å². The molecule has 5 rings (SSSR count). The van der Waals surface area contributed by atoms with Gasteiger partial charge in [0, 0.05) is 64.0 Å². The Kier molecular flexibility index (Phi) is 5.83. The number of aromatic amines is 1. The van der Waals surface area contributed by atoms with Crippen LogP contribution in [0.25, 0.3) is 22.0 Å². The standard InChI is InChI=1S/C25H21Cl2FN4O2/c1-13(23-18(26)3-4-19(28)24(23)27)34-22-9-15(10-30-25(22)29)14-2-5-20-16(8-14)17-11-32(12-33)7-6-21(17)31-20/h2-5,8-10,12-13,31H,6-7,11H2,1H3,(H2,29,30)/t13-/m1/s1. The number of carbonyl (C=O) groups excluding carboxylic acids is 1. The summed E-state index contributed by atoms with van der Waals surface area (Å²) in [5.41, 5.74) is 11.4. The lowest BCUT2D eigenvalue weighted by atomic mass is 10.0. The van der Waals surface area contributed by atoms with Gasteiger partial charge in [-0.1, -0.05) is 29.3 Å². The van der Waals surface area contributed by atoms with Gasteiger partial charge in [-0.15, -0.1) is 0 Å². The first-order chi connectivity index (χ1) is 16.4. The lowest BCUT2D eigenvalue weighted by molar-refractivity contribution is -0.118. The molecule has 1 aliphatic rings. The molecule has 0 spiro atoms. The first-order valence-corrected chi connectivity index (χ1v) is 11.5. The van der Waals surface area contributed by atoms with Crippen LogP contribution >= 0.6 is 23.2 Å². The van der Waals surface area contributed by atoms with Crippen LogP contribution in [-0.2, 0) is 17.8 Å². The van der Waals surface area contributed by atoms with Gasteiger partial charge in [-0.05, 0) is 42.8 Å². The van der Waals surface area contributed by atoms with E-state index in [1.807, 2.05) is 12.1 Å². The summed E-state index contributed by atoms with van der Waals surface area (Å²) in [7, 11) is 0. The Balaban J connectivity index is 1.49. The molecule has 34 heavy (non-hydrogen) atoms. The number of anilines is 1. The summed E-state index contributed by atoms with van der Waals surface area (Å²) in [6, 6.07) is 10.5. The monoisotopic (exact) mass is 498 g/mol. The Bertz CT molecular complexity index is 1420. The zero-order valence-electron chi connectivity index (χ0n) is 18.2. The zero-order chi connectivity index (χ0) is 24.0. The summed E-state index contributed by atoms with van der Waals surface area (Å²) in [6.07, 6.45) is 2.69. The van der Waals surface area contributed by atoms with Crippen molar-refractivity contribution in [1.82, 2.24) is 14.9 Å². The largest absolute Gasteiger partial charge is 0.482 e. The predicted molar refractivity (Wildman–Crippen MR) is 132 cm³/mol.